The normalized spacial score (nSPS) is 12.7. The van der Waals surface area contributed by atoms with E-state index in [-0.39, 0.29) is 12.7 Å². The Bertz CT molecular complexity index is 384. The van der Waals surface area contributed by atoms with Crippen molar-refractivity contribution in [3.63, 3.8) is 0 Å². The van der Waals surface area contributed by atoms with Gasteiger partial charge in [0.15, 0.2) is 0 Å². The van der Waals surface area contributed by atoms with E-state index < -0.39 is 0 Å². The highest BCUT2D eigenvalue weighted by Gasteiger charge is 2.04. The molecule has 1 aromatic heterocycles. The van der Waals surface area contributed by atoms with Gasteiger partial charge in [-0.3, -0.25) is 4.68 Å². The van der Waals surface area contributed by atoms with Gasteiger partial charge < -0.3 is 15.5 Å². The lowest BCUT2D eigenvalue weighted by molar-refractivity contribution is 0.157. The summed E-state index contributed by atoms with van der Waals surface area (Å²) in [6.45, 7) is 4.22. The van der Waals surface area contributed by atoms with Crippen LogP contribution in [-0.4, -0.2) is 44.4 Å². The first-order valence-electron chi connectivity index (χ1n) is 9.15. The second kappa shape index (κ2) is 13.5. The molecule has 1 atom stereocenters. The third-order valence-electron chi connectivity index (χ3n) is 4.04. The Morgan fingerprint density at radius 2 is 1.83 bits per heavy atom. The summed E-state index contributed by atoms with van der Waals surface area (Å²) in [5.41, 5.74) is 0.583. The van der Waals surface area contributed by atoms with Gasteiger partial charge in [-0.05, 0) is 6.42 Å². The molecule has 0 aromatic carbocycles. The van der Waals surface area contributed by atoms with E-state index in [0.29, 0.717) is 18.8 Å². The molecule has 0 aliphatic heterocycles. The fraction of sp³-hybridized carbons (Fsp3) is 0.882. The van der Waals surface area contributed by atoms with E-state index in [0.717, 1.165) is 19.4 Å². The molecule has 1 aromatic rings. The van der Waals surface area contributed by atoms with Crippen LogP contribution in [0.2, 0.25) is 0 Å². The molecule has 23 heavy (non-hydrogen) atoms. The summed E-state index contributed by atoms with van der Waals surface area (Å²) in [5.74, 6) is 0. The van der Waals surface area contributed by atoms with Crippen LogP contribution in [0.5, 0.6) is 0 Å². The predicted octanol–water partition coefficient (Wildman–Crippen LogP) is 2.25. The number of hydrogen-bond acceptors (Lipinski definition) is 5. The van der Waals surface area contributed by atoms with Crippen molar-refractivity contribution in [3.8, 4) is 0 Å². The number of rotatable bonds is 15. The highest BCUT2D eigenvalue weighted by atomic mass is 16.3. The monoisotopic (exact) mass is 326 g/mol. The van der Waals surface area contributed by atoms with E-state index in [4.69, 9.17) is 5.11 Å². The first-order chi connectivity index (χ1) is 11.3. The third kappa shape index (κ3) is 10.4. The van der Waals surface area contributed by atoms with Crippen molar-refractivity contribution in [2.24, 2.45) is 0 Å². The van der Waals surface area contributed by atoms with Crippen molar-refractivity contribution in [2.45, 2.75) is 84.0 Å². The summed E-state index contributed by atoms with van der Waals surface area (Å²) in [6, 6.07) is 0. The Morgan fingerprint density at radius 1 is 1.13 bits per heavy atom. The molecule has 6 heteroatoms. The van der Waals surface area contributed by atoms with E-state index in [9.17, 15) is 5.11 Å². The average molecular weight is 326 g/mol. The molecule has 0 aliphatic carbocycles. The largest absolute Gasteiger partial charge is 0.392 e. The lowest BCUT2D eigenvalue weighted by atomic mass is 10.1. The average Bonchev–Trinajstić information content (AvgIpc) is 3.02. The number of nitrogens with zero attached hydrogens (tertiary/aromatic N) is 3. The smallest absolute Gasteiger partial charge is 0.108 e. The van der Waals surface area contributed by atoms with Gasteiger partial charge in [-0.15, -0.1) is 5.10 Å². The second-order valence-electron chi connectivity index (χ2n) is 6.25. The summed E-state index contributed by atoms with van der Waals surface area (Å²) in [5, 5.41) is 29.8. The first kappa shape index (κ1) is 20.1. The van der Waals surface area contributed by atoms with Crippen LogP contribution in [0.4, 0.5) is 0 Å². The molecule has 0 radical (unpaired) electrons. The van der Waals surface area contributed by atoms with Crippen LogP contribution < -0.4 is 5.32 Å². The number of aliphatic hydroxyl groups is 2. The lowest BCUT2D eigenvalue weighted by Gasteiger charge is -2.11. The van der Waals surface area contributed by atoms with E-state index >= 15 is 0 Å². The molecule has 0 amide bonds. The molecular weight excluding hydrogens is 292 g/mol. The minimum absolute atomic E-state index is 0.0786. The van der Waals surface area contributed by atoms with Gasteiger partial charge in [-0.2, -0.15) is 0 Å². The van der Waals surface area contributed by atoms with Gasteiger partial charge in [0.05, 0.1) is 25.5 Å². The predicted molar refractivity (Wildman–Crippen MR) is 92.0 cm³/mol. The Balaban J connectivity index is 1.89. The minimum Gasteiger partial charge on any atom is -0.392 e. The molecule has 0 bridgehead atoms. The fourth-order valence-electron chi connectivity index (χ4n) is 2.60. The molecule has 6 nitrogen and oxygen atoms in total. The number of hydrogen-bond donors (Lipinski definition) is 3. The Kier molecular flexibility index (Phi) is 11.7. The SMILES string of the molecule is CCCCCCCCCCC(O)CNCCn1cc(CO)nn1. The zero-order chi connectivity index (χ0) is 16.8. The highest BCUT2D eigenvalue weighted by molar-refractivity contribution is 4.88. The molecule has 3 N–H and O–H groups in total. The standard InChI is InChI=1S/C17H34N4O2/c1-2-3-4-5-6-7-8-9-10-17(23)13-18-11-12-21-14-16(15-22)19-20-21/h14,17-18,22-23H,2-13,15H2,1H3. The van der Waals surface area contributed by atoms with Crippen molar-refractivity contribution in [1.29, 1.82) is 0 Å². The van der Waals surface area contributed by atoms with Crippen LogP contribution in [0.1, 0.15) is 70.4 Å². The van der Waals surface area contributed by atoms with Crippen LogP contribution in [0.15, 0.2) is 6.20 Å². The van der Waals surface area contributed by atoms with Gasteiger partial charge in [-0.1, -0.05) is 63.5 Å². The zero-order valence-electron chi connectivity index (χ0n) is 14.6. The number of unbranched alkanes of at least 4 members (excludes halogenated alkanes) is 7. The minimum atomic E-state index is -0.265. The summed E-state index contributed by atoms with van der Waals surface area (Å²) < 4.78 is 1.70. The summed E-state index contributed by atoms with van der Waals surface area (Å²) >= 11 is 0. The molecule has 1 rings (SSSR count). The first-order valence-corrected chi connectivity index (χ1v) is 9.15. The van der Waals surface area contributed by atoms with Crippen LogP contribution in [0, 0.1) is 0 Å². The Labute approximate surface area is 140 Å². The summed E-state index contributed by atoms with van der Waals surface area (Å²) in [4.78, 5) is 0. The quantitative estimate of drug-likeness (QED) is 0.431. The summed E-state index contributed by atoms with van der Waals surface area (Å²) in [7, 11) is 0. The maximum Gasteiger partial charge on any atom is 0.108 e. The van der Waals surface area contributed by atoms with E-state index in [1.807, 2.05) is 0 Å². The van der Waals surface area contributed by atoms with Gasteiger partial charge in [0.25, 0.3) is 0 Å². The molecular formula is C17H34N4O2. The number of aliphatic hydroxyl groups excluding tert-OH is 2. The molecule has 0 saturated carbocycles. The maximum absolute atomic E-state index is 9.93. The molecule has 0 saturated heterocycles. The zero-order valence-corrected chi connectivity index (χ0v) is 14.6. The van der Waals surface area contributed by atoms with Crippen molar-refractivity contribution in [3.05, 3.63) is 11.9 Å². The van der Waals surface area contributed by atoms with Crippen molar-refractivity contribution >= 4 is 0 Å². The van der Waals surface area contributed by atoms with Gasteiger partial charge >= 0.3 is 0 Å². The topological polar surface area (TPSA) is 83.2 Å². The highest BCUT2D eigenvalue weighted by Crippen LogP contribution is 2.10. The van der Waals surface area contributed by atoms with Crippen molar-refractivity contribution in [2.75, 3.05) is 13.1 Å². The molecule has 1 heterocycles. The van der Waals surface area contributed by atoms with Gasteiger partial charge in [0, 0.05) is 13.1 Å². The van der Waals surface area contributed by atoms with Crippen LogP contribution in [0.25, 0.3) is 0 Å². The molecule has 0 fully saturated rings. The van der Waals surface area contributed by atoms with Crippen LogP contribution in [0.3, 0.4) is 0 Å². The third-order valence-corrected chi connectivity index (χ3v) is 4.04. The number of nitrogens with one attached hydrogen (secondary N) is 1. The van der Waals surface area contributed by atoms with Gasteiger partial charge in [-0.25, -0.2) is 0 Å². The number of aromatic nitrogens is 3. The van der Waals surface area contributed by atoms with E-state index in [2.05, 4.69) is 22.6 Å². The van der Waals surface area contributed by atoms with Crippen LogP contribution in [-0.2, 0) is 13.2 Å². The Morgan fingerprint density at radius 3 is 2.48 bits per heavy atom. The van der Waals surface area contributed by atoms with Crippen LogP contribution >= 0.6 is 0 Å². The summed E-state index contributed by atoms with van der Waals surface area (Å²) in [6.07, 6.45) is 12.7. The molecule has 0 spiro atoms. The second-order valence-corrected chi connectivity index (χ2v) is 6.25. The molecule has 134 valence electrons. The lowest BCUT2D eigenvalue weighted by Crippen LogP contribution is -2.29. The fourth-order valence-corrected chi connectivity index (χ4v) is 2.60. The molecule has 0 aliphatic rings. The van der Waals surface area contributed by atoms with Crippen molar-refractivity contribution < 1.29 is 10.2 Å². The van der Waals surface area contributed by atoms with Gasteiger partial charge in [0.2, 0.25) is 0 Å². The maximum atomic E-state index is 9.93. The van der Waals surface area contributed by atoms with Gasteiger partial charge in [0.1, 0.15) is 5.69 Å². The Hall–Kier alpha value is -0.980. The van der Waals surface area contributed by atoms with E-state index in [1.54, 1.807) is 10.9 Å². The van der Waals surface area contributed by atoms with E-state index in [1.165, 1.54) is 44.9 Å². The molecule has 1 unspecified atom stereocenters. The van der Waals surface area contributed by atoms with Crippen molar-refractivity contribution in [1.82, 2.24) is 20.3 Å².